The number of rotatable bonds is 2. The van der Waals surface area contributed by atoms with Crippen LogP contribution in [0.15, 0.2) is 30.5 Å². The molecular weight excluding hydrogens is 366 g/mol. The van der Waals surface area contributed by atoms with Gasteiger partial charge in [-0.2, -0.15) is 0 Å². The number of carbonyl (C=O) groups is 2. The van der Waals surface area contributed by atoms with E-state index < -0.39 is 5.54 Å². The topological polar surface area (TPSA) is 76.6 Å². The summed E-state index contributed by atoms with van der Waals surface area (Å²) < 4.78 is 0. The minimum absolute atomic E-state index is 0.0340. The van der Waals surface area contributed by atoms with E-state index in [-0.39, 0.29) is 24.0 Å². The van der Waals surface area contributed by atoms with E-state index >= 15 is 0 Å². The fourth-order valence-electron chi connectivity index (χ4n) is 5.73. The first kappa shape index (κ1) is 18.7. The number of aromatic amines is 1. The van der Waals surface area contributed by atoms with Crippen molar-refractivity contribution in [3.8, 4) is 0 Å². The van der Waals surface area contributed by atoms with Crippen molar-refractivity contribution in [1.29, 1.82) is 0 Å². The molecule has 154 valence electrons. The number of aliphatic hydroxyl groups excluding tert-OH is 1. The molecule has 2 N–H and O–H groups in total. The lowest BCUT2D eigenvalue weighted by Gasteiger charge is -2.48. The molecule has 1 aromatic carbocycles. The molecule has 2 amide bonds. The number of hydrogen-bond donors (Lipinski definition) is 2. The van der Waals surface area contributed by atoms with E-state index in [0.29, 0.717) is 12.1 Å². The van der Waals surface area contributed by atoms with Gasteiger partial charge in [-0.25, -0.2) is 0 Å². The molecule has 1 spiro atoms. The Hall–Kier alpha value is -2.34. The van der Waals surface area contributed by atoms with Gasteiger partial charge < -0.3 is 19.9 Å². The number of likely N-dealkylation sites (tertiary alicyclic amines) is 2. The Balaban J connectivity index is 1.42. The van der Waals surface area contributed by atoms with Gasteiger partial charge in [0.2, 0.25) is 5.91 Å². The SMILES string of the molecule is O=C(c1ccc2cc[nH]c2c1)N1CCCC12CCCN(C1CCC(O)CC1)C2=O. The van der Waals surface area contributed by atoms with Gasteiger partial charge in [-0.05, 0) is 75.0 Å². The van der Waals surface area contributed by atoms with Crippen molar-refractivity contribution < 1.29 is 14.7 Å². The molecule has 29 heavy (non-hydrogen) atoms. The molecule has 1 saturated carbocycles. The second-order valence-corrected chi connectivity index (χ2v) is 8.94. The van der Waals surface area contributed by atoms with Crippen LogP contribution < -0.4 is 0 Å². The summed E-state index contributed by atoms with van der Waals surface area (Å²) in [6.45, 7) is 1.42. The molecule has 0 radical (unpaired) electrons. The van der Waals surface area contributed by atoms with E-state index in [4.69, 9.17) is 0 Å². The van der Waals surface area contributed by atoms with Crippen LogP contribution >= 0.6 is 0 Å². The minimum Gasteiger partial charge on any atom is -0.393 e. The molecule has 1 aliphatic carbocycles. The number of amides is 2. The van der Waals surface area contributed by atoms with Gasteiger partial charge >= 0.3 is 0 Å². The highest BCUT2D eigenvalue weighted by Gasteiger charge is 2.53. The molecule has 2 saturated heterocycles. The zero-order valence-electron chi connectivity index (χ0n) is 16.8. The lowest BCUT2D eigenvalue weighted by Crippen LogP contribution is -2.63. The summed E-state index contributed by atoms with van der Waals surface area (Å²) >= 11 is 0. The second-order valence-electron chi connectivity index (χ2n) is 8.94. The summed E-state index contributed by atoms with van der Waals surface area (Å²) in [5, 5.41) is 10.9. The van der Waals surface area contributed by atoms with Crippen LogP contribution in [0.3, 0.4) is 0 Å². The number of benzene rings is 1. The number of carbonyl (C=O) groups excluding carboxylic acids is 2. The third kappa shape index (κ3) is 3.05. The maximum atomic E-state index is 13.7. The van der Waals surface area contributed by atoms with Crippen LogP contribution in [0.5, 0.6) is 0 Å². The van der Waals surface area contributed by atoms with Gasteiger partial charge in [-0.15, -0.1) is 0 Å². The number of aromatic nitrogens is 1. The number of H-pyrrole nitrogens is 1. The quantitative estimate of drug-likeness (QED) is 0.820. The van der Waals surface area contributed by atoms with E-state index in [0.717, 1.165) is 68.8 Å². The van der Waals surface area contributed by atoms with Crippen LogP contribution in [-0.2, 0) is 4.79 Å². The fraction of sp³-hybridized carbons (Fsp3) is 0.565. The lowest BCUT2D eigenvalue weighted by atomic mass is 9.82. The van der Waals surface area contributed by atoms with Gasteiger partial charge in [0.15, 0.2) is 0 Å². The first-order valence-corrected chi connectivity index (χ1v) is 11.0. The first-order chi connectivity index (χ1) is 14.1. The Bertz CT molecular complexity index is 930. The van der Waals surface area contributed by atoms with Gasteiger partial charge in [0.25, 0.3) is 5.91 Å². The van der Waals surface area contributed by atoms with Gasteiger partial charge in [-0.1, -0.05) is 6.07 Å². The molecule has 0 bridgehead atoms. The third-order valence-corrected chi connectivity index (χ3v) is 7.29. The average molecular weight is 396 g/mol. The highest BCUT2D eigenvalue weighted by Crippen LogP contribution is 2.41. The molecule has 1 aromatic heterocycles. The second kappa shape index (κ2) is 7.17. The van der Waals surface area contributed by atoms with Crippen LogP contribution in [0.1, 0.15) is 61.7 Å². The van der Waals surface area contributed by atoms with E-state index in [1.165, 1.54) is 0 Å². The average Bonchev–Trinajstić information content (AvgIpc) is 3.37. The summed E-state index contributed by atoms with van der Waals surface area (Å²) in [6.07, 6.45) is 8.22. The van der Waals surface area contributed by atoms with Crippen LogP contribution in [0.25, 0.3) is 10.9 Å². The predicted molar refractivity (Wildman–Crippen MR) is 111 cm³/mol. The summed E-state index contributed by atoms with van der Waals surface area (Å²) in [7, 11) is 0. The molecule has 1 atom stereocenters. The van der Waals surface area contributed by atoms with Crippen molar-refractivity contribution in [3.63, 3.8) is 0 Å². The number of aliphatic hydroxyl groups is 1. The fourth-order valence-corrected chi connectivity index (χ4v) is 5.73. The van der Waals surface area contributed by atoms with E-state index in [1.807, 2.05) is 40.3 Å². The molecule has 6 heteroatoms. The summed E-state index contributed by atoms with van der Waals surface area (Å²) in [4.78, 5) is 34.3. The van der Waals surface area contributed by atoms with Crippen LogP contribution in [0.2, 0.25) is 0 Å². The third-order valence-electron chi connectivity index (χ3n) is 7.29. The van der Waals surface area contributed by atoms with Crippen molar-refractivity contribution in [3.05, 3.63) is 36.0 Å². The van der Waals surface area contributed by atoms with Gasteiger partial charge in [0, 0.05) is 36.4 Å². The van der Waals surface area contributed by atoms with E-state index in [1.54, 1.807) is 0 Å². The standard InChI is InChI=1S/C23H29N3O3/c27-19-7-5-18(6-8-19)25-13-1-10-23(22(25)29)11-2-14-26(23)21(28)17-4-3-16-9-12-24-20(16)15-17/h3-4,9,12,15,18-19,24,27H,1-2,5-8,10-11,13-14H2. The maximum absolute atomic E-state index is 13.7. The zero-order valence-corrected chi connectivity index (χ0v) is 16.8. The highest BCUT2D eigenvalue weighted by atomic mass is 16.3. The molecule has 3 aliphatic rings. The summed E-state index contributed by atoms with van der Waals surface area (Å²) in [5.74, 6) is 0.102. The Morgan fingerprint density at radius 1 is 1.07 bits per heavy atom. The molecule has 6 nitrogen and oxygen atoms in total. The number of hydrogen-bond acceptors (Lipinski definition) is 3. The molecule has 3 fully saturated rings. The summed E-state index contributed by atoms with van der Waals surface area (Å²) in [5.41, 5.74) is 0.907. The van der Waals surface area contributed by atoms with Crippen molar-refractivity contribution in [2.75, 3.05) is 13.1 Å². The largest absolute Gasteiger partial charge is 0.393 e. The molecule has 3 heterocycles. The number of nitrogens with zero attached hydrogens (tertiary/aromatic N) is 2. The first-order valence-electron chi connectivity index (χ1n) is 11.0. The van der Waals surface area contributed by atoms with Gasteiger partial charge in [-0.3, -0.25) is 9.59 Å². The van der Waals surface area contributed by atoms with Crippen molar-refractivity contribution >= 4 is 22.7 Å². The van der Waals surface area contributed by atoms with Crippen molar-refractivity contribution in [1.82, 2.24) is 14.8 Å². The number of nitrogens with one attached hydrogen (secondary N) is 1. The monoisotopic (exact) mass is 395 g/mol. The van der Waals surface area contributed by atoms with Crippen LogP contribution in [-0.4, -0.2) is 62.5 Å². The normalized spacial score (nSPS) is 30.4. The molecule has 1 unspecified atom stereocenters. The maximum Gasteiger partial charge on any atom is 0.254 e. The van der Waals surface area contributed by atoms with Crippen LogP contribution in [0.4, 0.5) is 0 Å². The van der Waals surface area contributed by atoms with Crippen LogP contribution in [0, 0.1) is 0 Å². The lowest BCUT2D eigenvalue weighted by molar-refractivity contribution is -0.149. The highest BCUT2D eigenvalue weighted by molar-refractivity contribution is 6.02. The number of fused-ring (bicyclic) bond motifs is 1. The molecule has 5 rings (SSSR count). The van der Waals surface area contributed by atoms with E-state index in [9.17, 15) is 14.7 Å². The van der Waals surface area contributed by atoms with E-state index in [2.05, 4.69) is 4.98 Å². The zero-order chi connectivity index (χ0) is 20.0. The van der Waals surface area contributed by atoms with Gasteiger partial charge in [0.05, 0.1) is 6.10 Å². The Labute approximate surface area is 170 Å². The Kier molecular flexibility index (Phi) is 4.62. The Morgan fingerprint density at radius 3 is 2.62 bits per heavy atom. The molecule has 2 aliphatic heterocycles. The molecule has 2 aromatic rings. The van der Waals surface area contributed by atoms with Crippen molar-refractivity contribution in [2.24, 2.45) is 0 Å². The predicted octanol–water partition coefficient (Wildman–Crippen LogP) is 3.07. The molecular formula is C23H29N3O3. The Morgan fingerprint density at radius 2 is 1.83 bits per heavy atom. The summed E-state index contributed by atoms with van der Waals surface area (Å²) in [6, 6.07) is 7.93. The van der Waals surface area contributed by atoms with Gasteiger partial charge in [0.1, 0.15) is 5.54 Å². The minimum atomic E-state index is -0.684. The number of piperidine rings is 1. The smallest absolute Gasteiger partial charge is 0.254 e. The van der Waals surface area contributed by atoms with Crippen molar-refractivity contribution in [2.45, 2.75) is 69.1 Å².